The molecule has 1 aliphatic rings. The molecule has 2 aromatic carbocycles. The zero-order valence-corrected chi connectivity index (χ0v) is 15.9. The SMILES string of the molecule is I.NC(=O)C1(O)CCCN(Cc2ccc(-c3ccccc3)cc2)C1. The van der Waals surface area contributed by atoms with Crippen LogP contribution < -0.4 is 5.73 Å². The lowest BCUT2D eigenvalue weighted by molar-refractivity contribution is -0.142. The fourth-order valence-corrected chi connectivity index (χ4v) is 3.15. The standard InChI is InChI=1S/C19H22N2O2.HI/c20-18(22)19(23)11-4-12-21(14-19)13-15-7-9-17(10-8-15)16-5-2-1-3-6-16;/h1-3,5-10,23H,4,11-14H2,(H2,20,22);1H. The lowest BCUT2D eigenvalue weighted by Crippen LogP contribution is -2.55. The highest BCUT2D eigenvalue weighted by Gasteiger charge is 2.38. The number of benzene rings is 2. The van der Waals surface area contributed by atoms with Crippen LogP contribution in [0.2, 0.25) is 0 Å². The average Bonchev–Trinajstić information content (AvgIpc) is 2.56. The Kier molecular flexibility index (Phi) is 6.37. The smallest absolute Gasteiger partial charge is 0.250 e. The molecule has 1 saturated heterocycles. The van der Waals surface area contributed by atoms with Gasteiger partial charge < -0.3 is 10.8 Å². The summed E-state index contributed by atoms with van der Waals surface area (Å²) in [5.74, 6) is -0.623. The van der Waals surface area contributed by atoms with Crippen LogP contribution in [0.25, 0.3) is 11.1 Å². The molecule has 1 amide bonds. The third-order valence-corrected chi connectivity index (χ3v) is 4.48. The fraction of sp³-hybridized carbons (Fsp3) is 0.316. The molecular weight excluding hydrogens is 415 g/mol. The summed E-state index contributed by atoms with van der Waals surface area (Å²) in [6, 6.07) is 18.7. The number of aliphatic hydroxyl groups is 1. The molecule has 0 spiro atoms. The molecule has 0 saturated carbocycles. The number of β-amino-alcohol motifs (C(OH)–C–C–N with tert-alkyl or cyclic N) is 1. The minimum absolute atomic E-state index is 0. The van der Waals surface area contributed by atoms with Gasteiger partial charge in [-0.2, -0.15) is 0 Å². The van der Waals surface area contributed by atoms with Crippen molar-refractivity contribution in [1.82, 2.24) is 4.90 Å². The number of rotatable bonds is 4. The van der Waals surface area contributed by atoms with Crippen molar-refractivity contribution < 1.29 is 9.90 Å². The van der Waals surface area contributed by atoms with E-state index in [1.54, 1.807) is 0 Å². The number of halogens is 1. The Morgan fingerprint density at radius 3 is 2.33 bits per heavy atom. The van der Waals surface area contributed by atoms with Gasteiger partial charge in [0.05, 0.1) is 0 Å². The lowest BCUT2D eigenvalue weighted by Gasteiger charge is -2.37. The molecule has 1 aliphatic heterocycles. The molecule has 0 radical (unpaired) electrons. The summed E-state index contributed by atoms with van der Waals surface area (Å²) >= 11 is 0. The summed E-state index contributed by atoms with van der Waals surface area (Å²) in [5.41, 5.74) is 7.48. The minimum atomic E-state index is -1.39. The summed E-state index contributed by atoms with van der Waals surface area (Å²) in [7, 11) is 0. The predicted molar refractivity (Wildman–Crippen MR) is 106 cm³/mol. The molecule has 1 atom stereocenters. The minimum Gasteiger partial charge on any atom is -0.379 e. The maximum atomic E-state index is 11.4. The molecule has 0 bridgehead atoms. The van der Waals surface area contributed by atoms with Gasteiger partial charge in [-0.3, -0.25) is 9.69 Å². The van der Waals surface area contributed by atoms with Crippen LogP contribution in [0.5, 0.6) is 0 Å². The van der Waals surface area contributed by atoms with Gasteiger partial charge in [-0.1, -0.05) is 54.6 Å². The zero-order valence-electron chi connectivity index (χ0n) is 13.5. The molecule has 4 nitrogen and oxygen atoms in total. The summed E-state index contributed by atoms with van der Waals surface area (Å²) < 4.78 is 0. The highest BCUT2D eigenvalue weighted by Crippen LogP contribution is 2.24. The summed E-state index contributed by atoms with van der Waals surface area (Å²) in [5, 5.41) is 10.3. The third kappa shape index (κ3) is 4.34. The van der Waals surface area contributed by atoms with Gasteiger partial charge in [0.25, 0.3) is 5.91 Å². The second kappa shape index (κ2) is 8.09. The Bertz CT molecular complexity index is 676. The van der Waals surface area contributed by atoms with E-state index in [9.17, 15) is 9.90 Å². The van der Waals surface area contributed by atoms with E-state index < -0.39 is 11.5 Å². The van der Waals surface area contributed by atoms with E-state index in [1.165, 1.54) is 16.7 Å². The van der Waals surface area contributed by atoms with E-state index in [2.05, 4.69) is 41.3 Å². The van der Waals surface area contributed by atoms with E-state index in [1.807, 2.05) is 18.2 Å². The molecule has 1 fully saturated rings. The Hall–Kier alpha value is -1.44. The van der Waals surface area contributed by atoms with E-state index in [0.717, 1.165) is 13.0 Å². The number of carbonyl (C=O) groups is 1. The van der Waals surface area contributed by atoms with Crippen molar-refractivity contribution in [2.75, 3.05) is 13.1 Å². The van der Waals surface area contributed by atoms with Crippen LogP contribution in [0.3, 0.4) is 0 Å². The van der Waals surface area contributed by atoms with Crippen LogP contribution in [-0.4, -0.2) is 34.6 Å². The largest absolute Gasteiger partial charge is 0.379 e. The second-order valence-corrected chi connectivity index (χ2v) is 6.27. The molecule has 24 heavy (non-hydrogen) atoms. The monoisotopic (exact) mass is 438 g/mol. The maximum Gasteiger partial charge on any atom is 0.250 e. The Balaban J connectivity index is 0.00000208. The van der Waals surface area contributed by atoms with Crippen molar-refractivity contribution in [2.45, 2.75) is 25.0 Å². The number of hydrogen-bond acceptors (Lipinski definition) is 3. The Morgan fingerprint density at radius 1 is 1.08 bits per heavy atom. The number of hydrogen-bond donors (Lipinski definition) is 2. The van der Waals surface area contributed by atoms with Crippen molar-refractivity contribution in [3.05, 3.63) is 60.2 Å². The molecule has 1 heterocycles. The van der Waals surface area contributed by atoms with E-state index >= 15 is 0 Å². The number of piperidine rings is 1. The molecule has 128 valence electrons. The van der Waals surface area contributed by atoms with Crippen LogP contribution in [0.4, 0.5) is 0 Å². The zero-order chi connectivity index (χ0) is 16.3. The molecule has 0 aromatic heterocycles. The van der Waals surface area contributed by atoms with Gasteiger partial charge in [-0.25, -0.2) is 0 Å². The van der Waals surface area contributed by atoms with Crippen molar-refractivity contribution in [3.63, 3.8) is 0 Å². The van der Waals surface area contributed by atoms with Gasteiger partial charge >= 0.3 is 0 Å². The number of primary amides is 1. The molecule has 2 aromatic rings. The van der Waals surface area contributed by atoms with Crippen molar-refractivity contribution in [3.8, 4) is 11.1 Å². The molecule has 1 unspecified atom stereocenters. The van der Waals surface area contributed by atoms with Crippen LogP contribution in [0.15, 0.2) is 54.6 Å². The summed E-state index contributed by atoms with van der Waals surface area (Å²) in [4.78, 5) is 13.5. The molecule has 3 rings (SSSR count). The number of likely N-dealkylation sites (tertiary alicyclic amines) is 1. The summed E-state index contributed by atoms with van der Waals surface area (Å²) in [6.45, 7) is 1.89. The molecule has 5 heteroatoms. The number of nitrogens with zero attached hydrogens (tertiary/aromatic N) is 1. The van der Waals surface area contributed by atoms with Crippen LogP contribution in [-0.2, 0) is 11.3 Å². The van der Waals surface area contributed by atoms with Gasteiger partial charge in [0.15, 0.2) is 5.60 Å². The Morgan fingerprint density at radius 2 is 1.71 bits per heavy atom. The molecule has 0 aliphatic carbocycles. The van der Waals surface area contributed by atoms with E-state index in [-0.39, 0.29) is 24.0 Å². The van der Waals surface area contributed by atoms with Gasteiger partial charge in [0, 0.05) is 13.1 Å². The van der Waals surface area contributed by atoms with Crippen LogP contribution in [0, 0.1) is 0 Å². The number of carbonyl (C=O) groups excluding carboxylic acids is 1. The highest BCUT2D eigenvalue weighted by atomic mass is 127. The van der Waals surface area contributed by atoms with Gasteiger partial charge in [0.2, 0.25) is 0 Å². The van der Waals surface area contributed by atoms with Crippen molar-refractivity contribution in [1.29, 1.82) is 0 Å². The predicted octanol–water partition coefficient (Wildman–Crippen LogP) is 2.78. The van der Waals surface area contributed by atoms with E-state index in [4.69, 9.17) is 5.73 Å². The third-order valence-electron chi connectivity index (χ3n) is 4.48. The van der Waals surface area contributed by atoms with Crippen molar-refractivity contribution in [2.24, 2.45) is 5.73 Å². The highest BCUT2D eigenvalue weighted by molar-refractivity contribution is 14.0. The first-order valence-corrected chi connectivity index (χ1v) is 7.96. The summed E-state index contributed by atoms with van der Waals surface area (Å²) in [6.07, 6.45) is 1.23. The van der Waals surface area contributed by atoms with Crippen molar-refractivity contribution >= 4 is 29.9 Å². The molecule has 3 N–H and O–H groups in total. The topological polar surface area (TPSA) is 66.6 Å². The number of nitrogens with two attached hydrogens (primary N) is 1. The Labute approximate surface area is 159 Å². The first kappa shape index (κ1) is 18.9. The quantitative estimate of drug-likeness (QED) is 0.722. The van der Waals surface area contributed by atoms with Gasteiger partial charge in [-0.15, -0.1) is 24.0 Å². The maximum absolute atomic E-state index is 11.4. The van der Waals surface area contributed by atoms with E-state index in [0.29, 0.717) is 19.5 Å². The normalized spacial score (nSPS) is 21.0. The number of amides is 1. The van der Waals surface area contributed by atoms with Crippen LogP contribution in [0.1, 0.15) is 18.4 Å². The van der Waals surface area contributed by atoms with Crippen LogP contribution >= 0.6 is 24.0 Å². The lowest BCUT2D eigenvalue weighted by atomic mass is 9.92. The first-order chi connectivity index (χ1) is 11.1. The second-order valence-electron chi connectivity index (χ2n) is 6.27. The van der Waals surface area contributed by atoms with Gasteiger partial charge in [0.1, 0.15) is 0 Å². The first-order valence-electron chi connectivity index (χ1n) is 7.96. The molecular formula is C19H23IN2O2. The van der Waals surface area contributed by atoms with Gasteiger partial charge in [-0.05, 0) is 36.1 Å². The average molecular weight is 438 g/mol. The fourth-order valence-electron chi connectivity index (χ4n) is 3.15.